The van der Waals surface area contributed by atoms with Crippen LogP contribution in [0.5, 0.6) is 0 Å². The second kappa shape index (κ2) is 8.75. The monoisotopic (exact) mass is 493 g/mol. The van der Waals surface area contributed by atoms with Crippen LogP contribution in [0.2, 0.25) is 5.28 Å². The lowest BCUT2D eigenvalue weighted by Crippen LogP contribution is -2.39. The Kier molecular flexibility index (Phi) is 6.49. The molecule has 0 spiro atoms. The van der Waals surface area contributed by atoms with Crippen molar-refractivity contribution < 1.29 is 39.1 Å². The summed E-state index contributed by atoms with van der Waals surface area (Å²) >= 11 is 6.08. The second-order valence-corrected chi connectivity index (χ2v) is 10.5. The van der Waals surface area contributed by atoms with Gasteiger partial charge in [-0.25, -0.2) is 4.68 Å². The van der Waals surface area contributed by atoms with Crippen molar-refractivity contribution in [2.75, 3.05) is 18.5 Å². The molecular formula is C17H25ClN5O8P. The quantitative estimate of drug-likeness (QED) is 0.213. The minimum absolute atomic E-state index is 0.0330. The SMILES string of the molecule is CC(CO)(OC[C@H]1O[C@@H](n2ncc3c(NC4CCC4)nc(Cl)nc32)[C@H](O)[C@@H]1O)P(=O)(O)O. The summed E-state index contributed by atoms with van der Waals surface area (Å²) in [4.78, 5) is 27.2. The van der Waals surface area contributed by atoms with Crippen LogP contribution < -0.4 is 5.32 Å². The number of hydrogen-bond acceptors (Lipinski definition) is 10. The fraction of sp³-hybridized carbons (Fsp3) is 0.706. The van der Waals surface area contributed by atoms with Gasteiger partial charge in [-0.1, -0.05) is 0 Å². The van der Waals surface area contributed by atoms with Crippen LogP contribution in [0.1, 0.15) is 32.4 Å². The molecule has 32 heavy (non-hydrogen) atoms. The summed E-state index contributed by atoms with van der Waals surface area (Å²) in [5, 5.41) is 36.2. The van der Waals surface area contributed by atoms with Crippen molar-refractivity contribution in [3.05, 3.63) is 11.5 Å². The van der Waals surface area contributed by atoms with Gasteiger partial charge in [0.05, 0.1) is 24.8 Å². The molecule has 3 heterocycles. The minimum Gasteiger partial charge on any atom is -0.393 e. The first kappa shape index (κ1) is 23.7. The molecule has 1 aliphatic carbocycles. The van der Waals surface area contributed by atoms with Gasteiger partial charge in [-0.15, -0.1) is 0 Å². The van der Waals surface area contributed by atoms with Crippen LogP contribution in [0.3, 0.4) is 0 Å². The number of nitrogens with one attached hydrogen (secondary N) is 1. The lowest BCUT2D eigenvalue weighted by Gasteiger charge is -2.29. The molecule has 15 heteroatoms. The predicted molar refractivity (Wildman–Crippen MR) is 111 cm³/mol. The van der Waals surface area contributed by atoms with Gasteiger partial charge in [-0.05, 0) is 37.8 Å². The van der Waals surface area contributed by atoms with Crippen molar-refractivity contribution in [3.63, 3.8) is 0 Å². The average molecular weight is 494 g/mol. The van der Waals surface area contributed by atoms with Crippen LogP contribution in [-0.2, 0) is 14.0 Å². The van der Waals surface area contributed by atoms with Crippen LogP contribution >= 0.6 is 19.2 Å². The maximum absolute atomic E-state index is 11.6. The van der Waals surface area contributed by atoms with E-state index in [1.807, 2.05) is 0 Å². The molecule has 0 aromatic carbocycles. The molecule has 5 atom stereocenters. The van der Waals surface area contributed by atoms with Crippen molar-refractivity contribution in [1.29, 1.82) is 0 Å². The molecule has 2 aliphatic rings. The Morgan fingerprint density at radius 2 is 2.06 bits per heavy atom. The van der Waals surface area contributed by atoms with Crippen LogP contribution in [0.25, 0.3) is 11.0 Å². The summed E-state index contributed by atoms with van der Waals surface area (Å²) in [6, 6.07) is 0.277. The maximum atomic E-state index is 11.6. The Balaban J connectivity index is 1.56. The molecule has 2 aromatic rings. The van der Waals surface area contributed by atoms with Gasteiger partial charge in [0.15, 0.2) is 17.2 Å². The highest BCUT2D eigenvalue weighted by atomic mass is 35.5. The normalized spacial score (nSPS) is 28.6. The van der Waals surface area contributed by atoms with Crippen LogP contribution in [-0.4, -0.2) is 87.8 Å². The lowest BCUT2D eigenvalue weighted by atomic mass is 9.93. The third kappa shape index (κ3) is 4.25. The van der Waals surface area contributed by atoms with E-state index in [4.69, 9.17) is 21.1 Å². The number of anilines is 1. The first-order valence-corrected chi connectivity index (χ1v) is 12.0. The molecule has 1 unspecified atom stereocenters. The van der Waals surface area contributed by atoms with Gasteiger partial charge >= 0.3 is 7.60 Å². The number of nitrogens with zero attached hydrogens (tertiary/aromatic N) is 4. The number of halogens is 1. The molecule has 13 nitrogen and oxygen atoms in total. The molecular weight excluding hydrogens is 469 g/mol. The highest BCUT2D eigenvalue weighted by Gasteiger charge is 2.48. The summed E-state index contributed by atoms with van der Waals surface area (Å²) in [5.74, 6) is 0.504. The molecule has 1 aliphatic heterocycles. The first-order chi connectivity index (χ1) is 15.0. The van der Waals surface area contributed by atoms with Crippen molar-refractivity contribution in [1.82, 2.24) is 19.7 Å². The van der Waals surface area contributed by atoms with Gasteiger partial charge in [0.2, 0.25) is 5.28 Å². The fourth-order valence-corrected chi connectivity index (χ4v) is 4.09. The second-order valence-electron chi connectivity index (χ2n) is 8.17. The summed E-state index contributed by atoms with van der Waals surface area (Å²) in [5.41, 5.74) is 0.278. The summed E-state index contributed by atoms with van der Waals surface area (Å²) in [6.45, 7) is -0.415. The van der Waals surface area contributed by atoms with E-state index in [-0.39, 0.29) is 17.0 Å². The van der Waals surface area contributed by atoms with Crippen molar-refractivity contribution in [2.24, 2.45) is 0 Å². The lowest BCUT2D eigenvalue weighted by molar-refractivity contribution is -0.104. The Morgan fingerprint density at radius 1 is 1.34 bits per heavy atom. The molecule has 1 saturated heterocycles. The molecule has 2 fully saturated rings. The van der Waals surface area contributed by atoms with Crippen LogP contribution in [0.15, 0.2) is 6.20 Å². The molecule has 0 radical (unpaired) electrons. The van der Waals surface area contributed by atoms with Gasteiger partial charge in [0.25, 0.3) is 0 Å². The van der Waals surface area contributed by atoms with Crippen molar-refractivity contribution in [2.45, 2.75) is 62.1 Å². The Labute approximate surface area is 187 Å². The van der Waals surface area contributed by atoms with Crippen LogP contribution in [0, 0.1) is 0 Å². The maximum Gasteiger partial charge on any atom is 0.359 e. The highest BCUT2D eigenvalue weighted by Crippen LogP contribution is 2.51. The van der Waals surface area contributed by atoms with Crippen molar-refractivity contribution >= 4 is 36.0 Å². The third-order valence-electron chi connectivity index (χ3n) is 5.92. The topological polar surface area (TPSA) is 192 Å². The van der Waals surface area contributed by atoms with E-state index in [1.54, 1.807) is 0 Å². The Morgan fingerprint density at radius 3 is 2.66 bits per heavy atom. The highest BCUT2D eigenvalue weighted by molar-refractivity contribution is 7.53. The zero-order chi connectivity index (χ0) is 23.3. The number of ether oxygens (including phenoxy) is 2. The van der Waals surface area contributed by atoms with E-state index in [2.05, 4.69) is 20.4 Å². The van der Waals surface area contributed by atoms with E-state index in [9.17, 15) is 29.7 Å². The van der Waals surface area contributed by atoms with Crippen molar-refractivity contribution in [3.8, 4) is 0 Å². The first-order valence-electron chi connectivity index (χ1n) is 10.0. The van der Waals surface area contributed by atoms with E-state index in [1.165, 1.54) is 10.9 Å². The number of hydrogen-bond donors (Lipinski definition) is 6. The van der Waals surface area contributed by atoms with Crippen LogP contribution in [0.4, 0.5) is 5.82 Å². The zero-order valence-electron chi connectivity index (χ0n) is 17.1. The van der Waals surface area contributed by atoms with E-state index in [0.29, 0.717) is 11.2 Å². The molecule has 178 valence electrons. The fourth-order valence-electron chi connectivity index (χ4n) is 3.49. The minimum atomic E-state index is -4.82. The van der Waals surface area contributed by atoms with Gasteiger partial charge in [-0.2, -0.15) is 15.1 Å². The number of aromatic nitrogens is 4. The molecule has 4 rings (SSSR count). The Bertz CT molecular complexity index is 1030. The van der Waals surface area contributed by atoms with Gasteiger partial charge < -0.3 is 39.9 Å². The zero-order valence-corrected chi connectivity index (χ0v) is 18.7. The summed E-state index contributed by atoms with van der Waals surface area (Å²) in [7, 11) is -4.82. The molecule has 6 N–H and O–H groups in total. The molecule has 2 aromatic heterocycles. The standard InChI is InChI=1S/C17H25ClN5O8P/c1-17(7-24,32(27,28)29)30-6-10-11(25)12(26)15(31-10)23-14-9(5-19-23)13(21-16(18)22-14)20-8-3-2-4-8/h5,8,10-12,15,24-26H,2-4,6-7H2,1H3,(H,20,21,22)(H2,27,28,29)/t10-,11-,12-,15-,17?/m1/s1. The Hall–Kier alpha value is -1.41. The predicted octanol–water partition coefficient (Wildman–Crippen LogP) is -0.0339. The summed E-state index contributed by atoms with van der Waals surface area (Å²) < 4.78 is 23.8. The number of fused-ring (bicyclic) bond motifs is 1. The third-order valence-corrected chi connectivity index (χ3v) is 7.59. The van der Waals surface area contributed by atoms with E-state index in [0.717, 1.165) is 26.2 Å². The summed E-state index contributed by atoms with van der Waals surface area (Å²) in [6.07, 6.45) is -0.586. The molecule has 0 amide bonds. The molecule has 1 saturated carbocycles. The molecule has 0 bridgehead atoms. The smallest absolute Gasteiger partial charge is 0.359 e. The van der Waals surface area contributed by atoms with Gasteiger partial charge in [0.1, 0.15) is 24.1 Å². The number of aliphatic hydroxyl groups excluding tert-OH is 3. The van der Waals surface area contributed by atoms with Gasteiger partial charge in [-0.3, -0.25) is 4.57 Å². The van der Waals surface area contributed by atoms with Gasteiger partial charge in [0, 0.05) is 6.04 Å². The van der Waals surface area contributed by atoms with E-state index >= 15 is 0 Å². The van der Waals surface area contributed by atoms with E-state index < -0.39 is 50.7 Å². The largest absolute Gasteiger partial charge is 0.393 e. The average Bonchev–Trinajstić information content (AvgIpc) is 3.23. The number of aliphatic hydroxyl groups is 3. The number of rotatable bonds is 8.